The lowest BCUT2D eigenvalue weighted by atomic mass is 9.84. The van der Waals surface area contributed by atoms with Crippen molar-refractivity contribution in [1.29, 1.82) is 0 Å². The molecule has 2 aliphatic heterocycles. The average molecular weight is 413 g/mol. The predicted octanol–water partition coefficient (Wildman–Crippen LogP) is 4.42. The van der Waals surface area contributed by atoms with E-state index in [4.69, 9.17) is 11.6 Å². The third-order valence-corrected chi connectivity index (χ3v) is 7.90. The van der Waals surface area contributed by atoms with Gasteiger partial charge < -0.3 is 9.80 Å². The highest BCUT2D eigenvalue weighted by atomic mass is 35.5. The minimum atomic E-state index is -0.926. The van der Waals surface area contributed by atoms with Gasteiger partial charge in [0, 0.05) is 28.8 Å². The Morgan fingerprint density at radius 1 is 1.14 bits per heavy atom. The van der Waals surface area contributed by atoms with Crippen LogP contribution in [-0.4, -0.2) is 29.0 Å². The maximum absolute atomic E-state index is 13.8. The fraction of sp³-hybridized carbons (Fsp3) is 0.364. The average Bonchev–Trinajstić information content (AvgIpc) is 3.20. The quantitative estimate of drug-likeness (QED) is 0.749. The molecule has 3 aliphatic rings. The Bertz CT molecular complexity index is 961. The second kappa shape index (κ2) is 6.82. The molecule has 2 fully saturated rings. The first-order valence-corrected chi connectivity index (χ1v) is 11.1. The molecule has 1 spiro atoms. The van der Waals surface area contributed by atoms with Crippen LogP contribution < -0.4 is 4.90 Å². The number of carbonyl (C=O) groups excluding carboxylic acids is 2. The summed E-state index contributed by atoms with van der Waals surface area (Å²) >= 11 is 7.96. The van der Waals surface area contributed by atoms with E-state index < -0.39 is 4.87 Å². The Kier molecular flexibility index (Phi) is 4.40. The van der Waals surface area contributed by atoms with Crippen LogP contribution >= 0.6 is 23.4 Å². The SMILES string of the molecule is O=C(C1CCC1)N1CCS[C@@]12C(=O)N(Cc1ccccc1Cl)c1ccccc12. The number of amides is 2. The molecule has 0 unspecified atom stereocenters. The van der Waals surface area contributed by atoms with E-state index in [0.29, 0.717) is 18.1 Å². The number of para-hydroxylation sites is 1. The van der Waals surface area contributed by atoms with E-state index in [-0.39, 0.29) is 17.7 Å². The molecule has 2 amide bonds. The molecular weight excluding hydrogens is 392 g/mol. The molecular formula is C22H21ClN2O2S. The van der Waals surface area contributed by atoms with Gasteiger partial charge in [-0.05, 0) is 30.5 Å². The van der Waals surface area contributed by atoms with Crippen LogP contribution in [0.3, 0.4) is 0 Å². The first kappa shape index (κ1) is 18.1. The zero-order valence-electron chi connectivity index (χ0n) is 15.4. The van der Waals surface area contributed by atoms with Gasteiger partial charge in [-0.1, -0.05) is 54.4 Å². The first-order chi connectivity index (χ1) is 13.6. The van der Waals surface area contributed by atoms with E-state index in [1.54, 1.807) is 16.7 Å². The van der Waals surface area contributed by atoms with Crippen LogP contribution in [0.5, 0.6) is 0 Å². The van der Waals surface area contributed by atoms with E-state index in [2.05, 4.69) is 0 Å². The van der Waals surface area contributed by atoms with E-state index in [0.717, 1.165) is 41.8 Å². The Labute approximate surface area is 173 Å². The summed E-state index contributed by atoms with van der Waals surface area (Å²) < 4.78 is 0. The van der Waals surface area contributed by atoms with Crippen LogP contribution in [0.1, 0.15) is 30.4 Å². The molecule has 1 saturated carbocycles. The fourth-order valence-corrected chi connectivity index (χ4v) is 6.08. The van der Waals surface area contributed by atoms with E-state index >= 15 is 0 Å². The van der Waals surface area contributed by atoms with Crippen molar-refractivity contribution in [3.05, 3.63) is 64.7 Å². The number of thioether (sulfide) groups is 1. The highest BCUT2D eigenvalue weighted by Gasteiger charge is 2.60. The summed E-state index contributed by atoms with van der Waals surface area (Å²) in [4.78, 5) is 29.7. The largest absolute Gasteiger partial charge is 0.315 e. The summed E-state index contributed by atoms with van der Waals surface area (Å²) in [5.74, 6) is 0.967. The number of benzene rings is 2. The third-order valence-electron chi connectivity index (χ3n) is 6.11. The second-order valence-corrected chi connectivity index (χ2v) is 9.30. The van der Waals surface area contributed by atoms with Crippen LogP contribution in [0, 0.1) is 5.92 Å². The number of hydrogen-bond acceptors (Lipinski definition) is 3. The minimum absolute atomic E-state index is 0.0243. The molecule has 1 saturated heterocycles. The molecule has 0 radical (unpaired) electrons. The van der Waals surface area contributed by atoms with Crippen LogP contribution in [0.2, 0.25) is 5.02 Å². The van der Waals surface area contributed by atoms with Crippen LogP contribution in [0.15, 0.2) is 48.5 Å². The summed E-state index contributed by atoms with van der Waals surface area (Å²) in [5, 5.41) is 0.648. The smallest absolute Gasteiger partial charge is 0.268 e. The van der Waals surface area contributed by atoms with Gasteiger partial charge in [0.05, 0.1) is 12.2 Å². The predicted molar refractivity (Wildman–Crippen MR) is 112 cm³/mol. The van der Waals surface area contributed by atoms with Gasteiger partial charge >= 0.3 is 0 Å². The lowest BCUT2D eigenvalue weighted by molar-refractivity contribution is -0.145. The van der Waals surface area contributed by atoms with Crippen molar-refractivity contribution >= 4 is 40.9 Å². The number of halogens is 1. The van der Waals surface area contributed by atoms with Crippen LogP contribution in [-0.2, 0) is 21.0 Å². The van der Waals surface area contributed by atoms with Crippen molar-refractivity contribution in [2.24, 2.45) is 5.92 Å². The van der Waals surface area contributed by atoms with Crippen molar-refractivity contribution in [3.63, 3.8) is 0 Å². The van der Waals surface area contributed by atoms with Crippen LogP contribution in [0.25, 0.3) is 0 Å². The zero-order chi connectivity index (χ0) is 19.3. The number of anilines is 1. The van der Waals surface area contributed by atoms with E-state index in [9.17, 15) is 9.59 Å². The number of hydrogen-bond donors (Lipinski definition) is 0. The molecule has 0 bridgehead atoms. The van der Waals surface area contributed by atoms with Gasteiger partial charge in [0.2, 0.25) is 5.91 Å². The monoisotopic (exact) mass is 412 g/mol. The highest BCUT2D eigenvalue weighted by molar-refractivity contribution is 8.01. The van der Waals surface area contributed by atoms with Gasteiger partial charge in [0.15, 0.2) is 4.87 Å². The van der Waals surface area contributed by atoms with Gasteiger partial charge in [-0.25, -0.2) is 0 Å². The summed E-state index contributed by atoms with van der Waals surface area (Å²) in [6.45, 7) is 1.03. The molecule has 2 heterocycles. The maximum atomic E-state index is 13.8. The number of fused-ring (bicyclic) bond motifs is 2. The molecule has 1 aliphatic carbocycles. The molecule has 0 N–H and O–H groups in total. The Morgan fingerprint density at radius 3 is 2.64 bits per heavy atom. The van der Waals surface area contributed by atoms with Gasteiger partial charge in [-0.2, -0.15) is 0 Å². The van der Waals surface area contributed by atoms with Crippen molar-refractivity contribution < 1.29 is 9.59 Å². The zero-order valence-corrected chi connectivity index (χ0v) is 17.0. The highest BCUT2D eigenvalue weighted by Crippen LogP contribution is 2.55. The van der Waals surface area contributed by atoms with Crippen LogP contribution in [0.4, 0.5) is 5.69 Å². The molecule has 144 valence electrons. The van der Waals surface area contributed by atoms with Gasteiger partial charge in [0.25, 0.3) is 5.91 Å². The lowest BCUT2D eigenvalue weighted by Crippen LogP contribution is -2.52. The molecule has 28 heavy (non-hydrogen) atoms. The summed E-state index contributed by atoms with van der Waals surface area (Å²) in [5.41, 5.74) is 2.72. The number of rotatable bonds is 3. The molecule has 1 atom stereocenters. The second-order valence-electron chi connectivity index (χ2n) is 7.61. The fourth-order valence-electron chi connectivity index (χ4n) is 4.42. The summed E-state index contributed by atoms with van der Waals surface area (Å²) in [6.07, 6.45) is 2.98. The Balaban J connectivity index is 1.57. The van der Waals surface area contributed by atoms with Gasteiger partial charge in [-0.3, -0.25) is 9.59 Å². The van der Waals surface area contributed by atoms with Crippen molar-refractivity contribution in [2.45, 2.75) is 30.7 Å². The Hall–Kier alpha value is -1.98. The normalized spacial score (nSPS) is 24.0. The standard InChI is InChI=1S/C22H21ClN2O2S/c23-18-10-3-1-6-16(18)14-24-19-11-4-2-9-17(19)22(21(24)27)25(12-13-28-22)20(26)15-7-5-8-15/h1-4,6,9-11,15H,5,7-8,12-14H2/t22-/m0/s1. The number of nitrogens with zero attached hydrogens (tertiary/aromatic N) is 2. The third kappa shape index (κ3) is 2.52. The summed E-state index contributed by atoms with van der Waals surface area (Å²) in [7, 11) is 0. The molecule has 2 aromatic carbocycles. The molecule has 2 aromatic rings. The maximum Gasteiger partial charge on any atom is 0.268 e. The molecule has 6 heteroatoms. The number of carbonyl (C=O) groups is 2. The van der Waals surface area contributed by atoms with Crippen molar-refractivity contribution in [2.75, 3.05) is 17.2 Å². The van der Waals surface area contributed by atoms with Gasteiger partial charge in [0.1, 0.15) is 0 Å². The molecule has 4 nitrogen and oxygen atoms in total. The van der Waals surface area contributed by atoms with E-state index in [1.165, 1.54) is 0 Å². The van der Waals surface area contributed by atoms with Crippen molar-refractivity contribution in [3.8, 4) is 0 Å². The topological polar surface area (TPSA) is 40.6 Å². The lowest BCUT2D eigenvalue weighted by Gasteiger charge is -2.37. The minimum Gasteiger partial charge on any atom is -0.315 e. The Morgan fingerprint density at radius 2 is 1.89 bits per heavy atom. The molecule has 5 rings (SSSR count). The van der Waals surface area contributed by atoms with E-state index in [1.807, 2.05) is 53.4 Å². The van der Waals surface area contributed by atoms with Gasteiger partial charge in [-0.15, -0.1) is 11.8 Å². The molecule has 0 aromatic heterocycles. The first-order valence-electron chi connectivity index (χ1n) is 9.73. The summed E-state index contributed by atoms with van der Waals surface area (Å²) in [6, 6.07) is 15.5. The van der Waals surface area contributed by atoms with Crippen molar-refractivity contribution in [1.82, 2.24) is 4.90 Å².